The van der Waals surface area contributed by atoms with Gasteiger partial charge in [-0.15, -0.1) is 0 Å². The van der Waals surface area contributed by atoms with E-state index in [1.54, 1.807) is 7.11 Å². The maximum absolute atomic E-state index is 11.1. The molecule has 0 aliphatic heterocycles. The standard InChI is InChI=1S/C13H20N2O3/c1-3-15-12(13(14)16)8-9-18-11-6-4-10(17-2)5-7-11/h4-7,12,15H,3,8-9H2,1-2H3,(H2,14,16). The van der Waals surface area contributed by atoms with Crippen molar-refractivity contribution in [2.75, 3.05) is 20.3 Å². The Balaban J connectivity index is 2.37. The highest BCUT2D eigenvalue weighted by molar-refractivity contribution is 5.79. The molecule has 18 heavy (non-hydrogen) atoms. The van der Waals surface area contributed by atoms with Crippen LogP contribution in [-0.2, 0) is 4.79 Å². The van der Waals surface area contributed by atoms with Gasteiger partial charge in [0.2, 0.25) is 5.91 Å². The normalized spacial score (nSPS) is 11.9. The van der Waals surface area contributed by atoms with Gasteiger partial charge in [0.1, 0.15) is 11.5 Å². The van der Waals surface area contributed by atoms with Gasteiger partial charge in [-0.05, 0) is 30.8 Å². The van der Waals surface area contributed by atoms with Gasteiger partial charge in [-0.2, -0.15) is 0 Å². The molecule has 0 aromatic heterocycles. The molecule has 0 saturated heterocycles. The molecule has 1 aromatic carbocycles. The molecule has 1 aromatic rings. The van der Waals surface area contributed by atoms with E-state index in [4.69, 9.17) is 15.2 Å². The molecule has 1 amide bonds. The van der Waals surface area contributed by atoms with Crippen LogP contribution in [0.3, 0.4) is 0 Å². The predicted octanol–water partition coefficient (Wildman–Crippen LogP) is 0.927. The van der Waals surface area contributed by atoms with E-state index < -0.39 is 0 Å². The highest BCUT2D eigenvalue weighted by atomic mass is 16.5. The Morgan fingerprint density at radius 3 is 2.44 bits per heavy atom. The smallest absolute Gasteiger partial charge is 0.234 e. The zero-order valence-electron chi connectivity index (χ0n) is 10.8. The molecule has 0 fully saturated rings. The third kappa shape index (κ3) is 4.63. The fraction of sp³-hybridized carbons (Fsp3) is 0.462. The third-order valence-electron chi connectivity index (χ3n) is 2.53. The minimum Gasteiger partial charge on any atom is -0.497 e. The molecule has 5 heteroatoms. The number of hydrogen-bond acceptors (Lipinski definition) is 4. The van der Waals surface area contributed by atoms with Crippen LogP contribution in [0.2, 0.25) is 0 Å². The SMILES string of the molecule is CCNC(CCOc1ccc(OC)cc1)C(N)=O. The number of carbonyl (C=O) groups excluding carboxylic acids is 1. The Labute approximate surface area is 107 Å². The van der Waals surface area contributed by atoms with E-state index in [0.717, 1.165) is 11.5 Å². The summed E-state index contributed by atoms with van der Waals surface area (Å²) >= 11 is 0. The van der Waals surface area contributed by atoms with Gasteiger partial charge in [0, 0.05) is 6.42 Å². The first kappa shape index (κ1) is 14.3. The second-order valence-electron chi connectivity index (χ2n) is 3.83. The zero-order valence-corrected chi connectivity index (χ0v) is 10.8. The van der Waals surface area contributed by atoms with Gasteiger partial charge in [-0.1, -0.05) is 6.92 Å². The van der Waals surface area contributed by atoms with Crippen molar-refractivity contribution in [3.63, 3.8) is 0 Å². The van der Waals surface area contributed by atoms with Crippen LogP contribution in [0, 0.1) is 0 Å². The third-order valence-corrected chi connectivity index (χ3v) is 2.53. The number of hydrogen-bond donors (Lipinski definition) is 2. The lowest BCUT2D eigenvalue weighted by molar-refractivity contribution is -0.120. The molecule has 0 aliphatic carbocycles. The van der Waals surface area contributed by atoms with E-state index in [1.807, 2.05) is 31.2 Å². The summed E-state index contributed by atoms with van der Waals surface area (Å²) in [7, 11) is 1.61. The van der Waals surface area contributed by atoms with Crippen molar-refractivity contribution >= 4 is 5.91 Å². The van der Waals surface area contributed by atoms with Gasteiger partial charge >= 0.3 is 0 Å². The molecular formula is C13H20N2O3. The molecule has 0 spiro atoms. The zero-order chi connectivity index (χ0) is 13.4. The quantitative estimate of drug-likeness (QED) is 0.721. The average molecular weight is 252 g/mol. The Morgan fingerprint density at radius 1 is 1.33 bits per heavy atom. The van der Waals surface area contributed by atoms with Gasteiger partial charge < -0.3 is 20.5 Å². The fourth-order valence-electron chi connectivity index (χ4n) is 1.56. The largest absolute Gasteiger partial charge is 0.497 e. The average Bonchev–Trinajstić information content (AvgIpc) is 2.38. The Kier molecular flexibility index (Phi) is 6.00. The minimum absolute atomic E-state index is 0.340. The lowest BCUT2D eigenvalue weighted by Gasteiger charge is -2.14. The number of methoxy groups -OCH3 is 1. The van der Waals surface area contributed by atoms with Gasteiger partial charge in [-0.25, -0.2) is 0 Å². The van der Waals surface area contributed by atoms with Gasteiger partial charge in [0.15, 0.2) is 0 Å². The Bertz CT molecular complexity index is 365. The van der Waals surface area contributed by atoms with Gasteiger partial charge in [0.05, 0.1) is 19.8 Å². The van der Waals surface area contributed by atoms with Crippen LogP contribution in [0.15, 0.2) is 24.3 Å². The van der Waals surface area contributed by atoms with E-state index in [0.29, 0.717) is 19.6 Å². The minimum atomic E-state index is -0.352. The molecule has 0 radical (unpaired) electrons. The highest BCUT2D eigenvalue weighted by Crippen LogP contribution is 2.17. The van der Waals surface area contributed by atoms with E-state index in [9.17, 15) is 4.79 Å². The van der Waals surface area contributed by atoms with Crippen molar-refractivity contribution in [2.24, 2.45) is 5.73 Å². The topological polar surface area (TPSA) is 73.6 Å². The van der Waals surface area contributed by atoms with Crippen LogP contribution in [-0.4, -0.2) is 32.2 Å². The fourth-order valence-corrected chi connectivity index (χ4v) is 1.56. The van der Waals surface area contributed by atoms with E-state index in [2.05, 4.69) is 5.32 Å². The summed E-state index contributed by atoms with van der Waals surface area (Å²) in [6.07, 6.45) is 0.551. The molecular weight excluding hydrogens is 232 g/mol. The Morgan fingerprint density at radius 2 is 1.94 bits per heavy atom. The predicted molar refractivity (Wildman–Crippen MR) is 69.8 cm³/mol. The molecule has 0 aliphatic rings. The van der Waals surface area contributed by atoms with Crippen LogP contribution < -0.4 is 20.5 Å². The van der Waals surface area contributed by atoms with Crippen LogP contribution in [0.4, 0.5) is 0 Å². The first-order valence-corrected chi connectivity index (χ1v) is 5.97. The summed E-state index contributed by atoms with van der Waals surface area (Å²) in [6.45, 7) is 3.07. The van der Waals surface area contributed by atoms with Crippen molar-refractivity contribution in [3.05, 3.63) is 24.3 Å². The van der Waals surface area contributed by atoms with Crippen molar-refractivity contribution in [1.29, 1.82) is 0 Å². The molecule has 5 nitrogen and oxygen atoms in total. The number of ether oxygens (including phenoxy) is 2. The molecule has 1 rings (SSSR count). The lowest BCUT2D eigenvalue weighted by atomic mass is 10.2. The van der Waals surface area contributed by atoms with Gasteiger partial charge in [0.25, 0.3) is 0 Å². The summed E-state index contributed by atoms with van der Waals surface area (Å²) in [5.74, 6) is 1.18. The summed E-state index contributed by atoms with van der Waals surface area (Å²) in [6, 6.07) is 6.96. The molecule has 0 bridgehead atoms. The van der Waals surface area contributed by atoms with Crippen molar-refractivity contribution in [3.8, 4) is 11.5 Å². The second-order valence-corrected chi connectivity index (χ2v) is 3.83. The Hall–Kier alpha value is -1.75. The number of nitrogens with one attached hydrogen (secondary N) is 1. The highest BCUT2D eigenvalue weighted by Gasteiger charge is 2.13. The number of carbonyl (C=O) groups is 1. The van der Waals surface area contributed by atoms with Crippen LogP contribution in [0.25, 0.3) is 0 Å². The number of amides is 1. The summed E-state index contributed by atoms with van der Waals surface area (Å²) < 4.78 is 10.6. The van der Waals surface area contributed by atoms with Gasteiger partial charge in [-0.3, -0.25) is 4.79 Å². The van der Waals surface area contributed by atoms with E-state index in [-0.39, 0.29) is 11.9 Å². The monoisotopic (exact) mass is 252 g/mol. The lowest BCUT2D eigenvalue weighted by Crippen LogP contribution is -2.42. The maximum atomic E-state index is 11.1. The molecule has 0 saturated carbocycles. The van der Waals surface area contributed by atoms with Crippen LogP contribution in [0.5, 0.6) is 11.5 Å². The number of primary amides is 1. The summed E-state index contributed by atoms with van der Waals surface area (Å²) in [4.78, 5) is 11.1. The number of likely N-dealkylation sites (N-methyl/N-ethyl adjacent to an activating group) is 1. The number of nitrogens with two attached hydrogens (primary N) is 1. The number of rotatable bonds is 8. The first-order valence-electron chi connectivity index (χ1n) is 5.97. The molecule has 100 valence electrons. The van der Waals surface area contributed by atoms with E-state index >= 15 is 0 Å². The van der Waals surface area contributed by atoms with Crippen LogP contribution in [0.1, 0.15) is 13.3 Å². The molecule has 0 heterocycles. The van der Waals surface area contributed by atoms with Crippen LogP contribution >= 0.6 is 0 Å². The second kappa shape index (κ2) is 7.55. The molecule has 1 atom stereocenters. The first-order chi connectivity index (χ1) is 8.67. The molecule has 3 N–H and O–H groups in total. The van der Waals surface area contributed by atoms with E-state index in [1.165, 1.54) is 0 Å². The molecule has 1 unspecified atom stereocenters. The van der Waals surface area contributed by atoms with Crippen molar-refractivity contribution in [2.45, 2.75) is 19.4 Å². The summed E-state index contributed by atoms with van der Waals surface area (Å²) in [5.41, 5.74) is 5.27. The number of benzene rings is 1. The van der Waals surface area contributed by atoms with Crippen molar-refractivity contribution in [1.82, 2.24) is 5.32 Å². The maximum Gasteiger partial charge on any atom is 0.234 e. The summed E-state index contributed by atoms with van der Waals surface area (Å²) in [5, 5.41) is 3.01. The van der Waals surface area contributed by atoms with Crippen molar-refractivity contribution < 1.29 is 14.3 Å².